The molecule has 0 spiro atoms. The lowest BCUT2D eigenvalue weighted by Gasteiger charge is -2.20. The van der Waals surface area contributed by atoms with Crippen molar-refractivity contribution in [1.29, 1.82) is 0 Å². The molecule has 0 saturated heterocycles. The summed E-state index contributed by atoms with van der Waals surface area (Å²) in [6.07, 6.45) is 0.982. The molecular weight excluding hydrogens is 324 g/mol. The van der Waals surface area contributed by atoms with Crippen LogP contribution in [0.3, 0.4) is 0 Å². The third kappa shape index (κ3) is 3.71. The Labute approximate surface area is 127 Å². The molecule has 0 radical (unpaired) electrons. The molecule has 0 aliphatic rings. The number of anilines is 1. The molecule has 2 rings (SSSR count). The fraction of sp³-hybridized carbons (Fsp3) is 0.267. The summed E-state index contributed by atoms with van der Waals surface area (Å²) in [5.41, 5.74) is 3.22. The van der Waals surface area contributed by atoms with Crippen molar-refractivity contribution in [2.24, 2.45) is 0 Å². The summed E-state index contributed by atoms with van der Waals surface area (Å²) in [4.78, 5) is 4.40. The summed E-state index contributed by atoms with van der Waals surface area (Å²) >= 11 is 9.43. The quantitative estimate of drug-likeness (QED) is 0.758. The largest absolute Gasteiger partial charge is 0.377 e. The monoisotopic (exact) mass is 338 g/mol. The molecule has 1 aromatic heterocycles. The maximum absolute atomic E-state index is 6.05. The number of halogens is 2. The molecule has 1 heterocycles. The van der Waals surface area contributed by atoms with Gasteiger partial charge in [0.2, 0.25) is 0 Å². The van der Waals surface area contributed by atoms with Crippen LogP contribution in [0.2, 0.25) is 5.02 Å². The van der Waals surface area contributed by atoms with E-state index in [0.717, 1.165) is 27.4 Å². The van der Waals surface area contributed by atoms with E-state index < -0.39 is 0 Å². The van der Waals surface area contributed by atoms with Crippen LogP contribution in [-0.4, -0.2) is 4.98 Å². The minimum atomic E-state index is 0.236. The molecule has 1 atom stereocenters. The van der Waals surface area contributed by atoms with E-state index in [9.17, 15) is 0 Å². The summed E-state index contributed by atoms with van der Waals surface area (Å²) in [5, 5.41) is 4.29. The first-order chi connectivity index (χ1) is 9.10. The molecule has 19 heavy (non-hydrogen) atoms. The molecule has 0 fully saturated rings. The average Bonchev–Trinajstić information content (AvgIpc) is 2.38. The summed E-state index contributed by atoms with van der Waals surface area (Å²) in [5.74, 6) is 0. The summed E-state index contributed by atoms with van der Waals surface area (Å²) < 4.78 is 0.853. The highest BCUT2D eigenvalue weighted by Crippen LogP contribution is 2.26. The molecule has 0 amide bonds. The first-order valence-electron chi connectivity index (χ1n) is 6.25. The molecule has 2 nitrogen and oxygen atoms in total. The van der Waals surface area contributed by atoms with Crippen LogP contribution in [0.15, 0.2) is 41.0 Å². The highest BCUT2D eigenvalue weighted by Gasteiger charge is 2.11. The second-order valence-corrected chi connectivity index (χ2v) is 5.68. The second kappa shape index (κ2) is 6.40. The van der Waals surface area contributed by atoms with Crippen molar-refractivity contribution >= 4 is 33.2 Å². The van der Waals surface area contributed by atoms with Crippen molar-refractivity contribution in [3.05, 3.63) is 57.3 Å². The number of hydrogen-bond acceptors (Lipinski definition) is 2. The van der Waals surface area contributed by atoms with Gasteiger partial charge in [-0.3, -0.25) is 0 Å². The van der Waals surface area contributed by atoms with Crippen molar-refractivity contribution < 1.29 is 0 Å². The lowest BCUT2D eigenvalue weighted by molar-refractivity contribution is 0.747. The predicted molar refractivity (Wildman–Crippen MR) is 84.8 cm³/mol. The van der Waals surface area contributed by atoms with E-state index in [4.69, 9.17) is 11.6 Å². The highest BCUT2D eigenvalue weighted by molar-refractivity contribution is 9.10. The molecule has 0 saturated carbocycles. The molecule has 1 unspecified atom stereocenters. The van der Waals surface area contributed by atoms with E-state index in [-0.39, 0.29) is 6.04 Å². The normalized spacial score (nSPS) is 12.2. The number of rotatable bonds is 4. The Morgan fingerprint density at radius 1 is 1.32 bits per heavy atom. The maximum Gasteiger partial charge on any atom is 0.106 e. The topological polar surface area (TPSA) is 24.9 Å². The molecule has 2 aromatic rings. The molecule has 100 valence electrons. The third-order valence-corrected chi connectivity index (χ3v) is 3.72. The molecule has 0 aliphatic heterocycles. The number of nitrogens with one attached hydrogen (secondary N) is 1. The fourth-order valence-corrected chi connectivity index (χ4v) is 2.61. The van der Waals surface area contributed by atoms with Crippen LogP contribution in [0, 0.1) is 6.92 Å². The summed E-state index contributed by atoms with van der Waals surface area (Å²) in [7, 11) is 0. The van der Waals surface area contributed by atoms with E-state index >= 15 is 0 Å². The van der Waals surface area contributed by atoms with E-state index in [2.05, 4.69) is 39.2 Å². The van der Waals surface area contributed by atoms with Gasteiger partial charge in [-0.25, -0.2) is 4.98 Å². The summed E-state index contributed by atoms with van der Waals surface area (Å²) in [6.45, 7) is 4.15. The van der Waals surface area contributed by atoms with Crippen molar-refractivity contribution in [3.8, 4) is 0 Å². The zero-order valence-electron chi connectivity index (χ0n) is 11.0. The van der Waals surface area contributed by atoms with Gasteiger partial charge in [-0.05, 0) is 59.1 Å². The second-order valence-electron chi connectivity index (χ2n) is 4.43. The Balaban J connectivity index is 2.24. The summed E-state index contributed by atoms with van der Waals surface area (Å²) in [6, 6.07) is 12.2. The van der Waals surface area contributed by atoms with Crippen LogP contribution in [-0.2, 0) is 0 Å². The van der Waals surface area contributed by atoms with Gasteiger partial charge in [-0.15, -0.1) is 0 Å². The lowest BCUT2D eigenvalue weighted by Crippen LogP contribution is -2.11. The van der Waals surface area contributed by atoms with Gasteiger partial charge in [0, 0.05) is 5.02 Å². The van der Waals surface area contributed by atoms with Crippen molar-refractivity contribution in [2.45, 2.75) is 26.3 Å². The fourth-order valence-electron chi connectivity index (χ4n) is 2.02. The number of aromatic nitrogens is 1. The number of benzene rings is 1. The number of nitrogens with zero attached hydrogens (tertiary/aromatic N) is 1. The predicted octanol–water partition coefficient (Wildman–Crippen LogP) is 5.37. The van der Waals surface area contributed by atoms with Gasteiger partial charge in [0.1, 0.15) is 4.60 Å². The lowest BCUT2D eigenvalue weighted by atomic mass is 10.0. The van der Waals surface area contributed by atoms with Crippen LogP contribution in [0.1, 0.15) is 30.6 Å². The molecule has 1 N–H and O–H groups in total. The van der Waals surface area contributed by atoms with E-state index in [0.29, 0.717) is 0 Å². The molecule has 1 aromatic carbocycles. The number of aryl methyl sites for hydroxylation is 1. The van der Waals surface area contributed by atoms with Crippen molar-refractivity contribution in [1.82, 2.24) is 4.98 Å². The smallest absolute Gasteiger partial charge is 0.106 e. The maximum atomic E-state index is 6.05. The zero-order chi connectivity index (χ0) is 13.8. The van der Waals surface area contributed by atoms with Crippen LogP contribution < -0.4 is 5.32 Å². The van der Waals surface area contributed by atoms with E-state index in [1.165, 1.54) is 5.56 Å². The minimum Gasteiger partial charge on any atom is -0.377 e. The standard InChI is InChI=1S/C15H16BrClN2/c1-3-13(11-5-4-6-12(17)9-11)19-14-7-8-15(16)18-10(14)2/h4-9,13,19H,3H2,1-2H3. The highest BCUT2D eigenvalue weighted by atomic mass is 79.9. The molecular formula is C15H16BrClN2. The Hall–Kier alpha value is -1.06. The Kier molecular flexibility index (Phi) is 4.83. The van der Waals surface area contributed by atoms with E-state index in [1.54, 1.807) is 0 Å². The van der Waals surface area contributed by atoms with Gasteiger partial charge in [-0.1, -0.05) is 30.7 Å². The zero-order valence-corrected chi connectivity index (χ0v) is 13.3. The Bertz CT molecular complexity index is 572. The van der Waals surface area contributed by atoms with Crippen LogP contribution in [0.5, 0.6) is 0 Å². The molecule has 0 bridgehead atoms. The van der Waals surface area contributed by atoms with Gasteiger partial charge in [0.15, 0.2) is 0 Å². The molecule has 0 aliphatic carbocycles. The van der Waals surface area contributed by atoms with E-state index in [1.807, 2.05) is 37.3 Å². The van der Waals surface area contributed by atoms with Crippen LogP contribution in [0.25, 0.3) is 0 Å². The SMILES string of the molecule is CCC(Nc1ccc(Br)nc1C)c1cccc(Cl)c1. The first kappa shape index (κ1) is 14.4. The number of hydrogen-bond donors (Lipinski definition) is 1. The van der Waals surface area contributed by atoms with Crippen LogP contribution >= 0.6 is 27.5 Å². The third-order valence-electron chi connectivity index (χ3n) is 3.04. The van der Waals surface area contributed by atoms with Gasteiger partial charge >= 0.3 is 0 Å². The first-order valence-corrected chi connectivity index (χ1v) is 7.42. The Morgan fingerprint density at radius 2 is 2.11 bits per heavy atom. The van der Waals surface area contributed by atoms with Gasteiger partial charge < -0.3 is 5.32 Å². The molecule has 4 heteroatoms. The van der Waals surface area contributed by atoms with Crippen molar-refractivity contribution in [2.75, 3.05) is 5.32 Å². The minimum absolute atomic E-state index is 0.236. The average molecular weight is 340 g/mol. The van der Waals surface area contributed by atoms with Crippen molar-refractivity contribution in [3.63, 3.8) is 0 Å². The Morgan fingerprint density at radius 3 is 2.74 bits per heavy atom. The van der Waals surface area contributed by atoms with Gasteiger partial charge in [-0.2, -0.15) is 0 Å². The van der Waals surface area contributed by atoms with Gasteiger partial charge in [0.05, 0.1) is 17.4 Å². The van der Waals surface area contributed by atoms with Crippen LogP contribution in [0.4, 0.5) is 5.69 Å². The number of pyridine rings is 1. The van der Waals surface area contributed by atoms with Gasteiger partial charge in [0.25, 0.3) is 0 Å².